The average Bonchev–Trinajstić information content (AvgIpc) is 3.79. The van der Waals surface area contributed by atoms with Gasteiger partial charge in [-0.25, -0.2) is 9.97 Å². The second-order valence-corrected chi connectivity index (χ2v) is 11.6. The average molecular weight is 547 g/mol. The molecule has 0 fully saturated rings. The molecule has 204 valence electrons. The lowest BCUT2D eigenvalue weighted by Crippen LogP contribution is -2.29. The lowest BCUT2D eigenvalue weighted by atomic mass is 9.89. The number of Topliss-reactive ketones (excluding diaryl/α,β-unsaturated/α-hetero) is 1. The second kappa shape index (κ2) is 9.52. The van der Waals surface area contributed by atoms with Gasteiger partial charge < -0.3 is 9.13 Å². The number of fused-ring (bicyclic) bond motifs is 6. The Balaban J connectivity index is 1.23. The highest BCUT2D eigenvalue weighted by Gasteiger charge is 2.34. The van der Waals surface area contributed by atoms with Gasteiger partial charge in [-0.1, -0.05) is 72.8 Å². The lowest BCUT2D eigenvalue weighted by Gasteiger charge is -2.26. The van der Waals surface area contributed by atoms with Crippen LogP contribution >= 0.6 is 0 Å². The van der Waals surface area contributed by atoms with E-state index >= 15 is 0 Å². The van der Waals surface area contributed by atoms with E-state index in [1.54, 1.807) is 25.0 Å². The van der Waals surface area contributed by atoms with Crippen LogP contribution in [0.25, 0.3) is 22.3 Å². The zero-order chi connectivity index (χ0) is 28.4. The maximum absolute atomic E-state index is 14.9. The summed E-state index contributed by atoms with van der Waals surface area (Å²) in [5.41, 5.74) is 14.9. The molecule has 4 aromatic carbocycles. The Bertz CT molecular complexity index is 1840. The number of hydrogen-bond donors (Lipinski definition) is 0. The predicted molar refractivity (Wildman–Crippen MR) is 165 cm³/mol. The zero-order valence-corrected chi connectivity index (χ0v) is 23.7. The van der Waals surface area contributed by atoms with Crippen LogP contribution in [0.4, 0.5) is 0 Å². The number of benzene rings is 4. The summed E-state index contributed by atoms with van der Waals surface area (Å²) in [6, 6.07) is 25.0. The minimum atomic E-state index is -0.539. The number of ketones is 1. The van der Waals surface area contributed by atoms with Crippen molar-refractivity contribution in [1.82, 2.24) is 19.1 Å². The van der Waals surface area contributed by atoms with Crippen LogP contribution in [-0.4, -0.2) is 24.9 Å². The van der Waals surface area contributed by atoms with Gasteiger partial charge in [-0.2, -0.15) is 0 Å². The van der Waals surface area contributed by atoms with Gasteiger partial charge in [-0.15, -0.1) is 0 Å². The third-order valence-electron chi connectivity index (χ3n) is 9.09. The molecule has 6 aromatic rings. The summed E-state index contributed by atoms with van der Waals surface area (Å²) in [5.74, 6) is 0.0734. The number of carbonyl (C=O) groups excluding carboxylic acids is 1. The molecule has 2 unspecified atom stereocenters. The van der Waals surface area contributed by atoms with Crippen molar-refractivity contribution < 1.29 is 4.79 Å². The molecule has 0 aliphatic heterocycles. The van der Waals surface area contributed by atoms with E-state index in [-0.39, 0.29) is 5.78 Å². The van der Waals surface area contributed by atoms with Gasteiger partial charge in [0.15, 0.2) is 5.78 Å². The van der Waals surface area contributed by atoms with Crippen LogP contribution in [-0.2, 0) is 17.6 Å². The minimum Gasteiger partial charge on any atom is -0.323 e. The summed E-state index contributed by atoms with van der Waals surface area (Å²) >= 11 is 0. The third kappa shape index (κ3) is 3.81. The van der Waals surface area contributed by atoms with Crippen molar-refractivity contribution in [2.75, 3.05) is 0 Å². The Hall–Kier alpha value is -5.03. The molecule has 5 heteroatoms. The molecule has 42 heavy (non-hydrogen) atoms. The third-order valence-corrected chi connectivity index (χ3v) is 9.09. The minimum absolute atomic E-state index is 0.0734. The van der Waals surface area contributed by atoms with Crippen LogP contribution in [0.3, 0.4) is 0 Å². The molecule has 0 N–H and O–H groups in total. The smallest absolute Gasteiger partial charge is 0.187 e. The maximum Gasteiger partial charge on any atom is 0.187 e. The van der Waals surface area contributed by atoms with Crippen molar-refractivity contribution >= 4 is 5.78 Å². The molecule has 8 rings (SSSR count). The lowest BCUT2D eigenvalue weighted by molar-refractivity contribution is -0.123. The molecule has 0 spiro atoms. The van der Waals surface area contributed by atoms with Crippen LogP contribution in [0.15, 0.2) is 110 Å². The molecule has 0 saturated heterocycles. The second-order valence-electron chi connectivity index (χ2n) is 11.6. The summed E-state index contributed by atoms with van der Waals surface area (Å²) in [4.78, 5) is 23.6. The first-order valence-corrected chi connectivity index (χ1v) is 14.5. The normalized spacial score (nSPS) is 14.1. The van der Waals surface area contributed by atoms with E-state index in [4.69, 9.17) is 0 Å². The molecule has 2 aliphatic rings. The van der Waals surface area contributed by atoms with Gasteiger partial charge in [0.05, 0.1) is 12.7 Å². The van der Waals surface area contributed by atoms with Crippen molar-refractivity contribution in [3.8, 4) is 22.3 Å². The van der Waals surface area contributed by atoms with Crippen molar-refractivity contribution in [3.63, 3.8) is 0 Å². The Morgan fingerprint density at radius 1 is 0.643 bits per heavy atom. The quantitative estimate of drug-likeness (QED) is 0.220. The summed E-state index contributed by atoms with van der Waals surface area (Å²) in [7, 11) is 0. The molecular formula is C37H30N4O. The molecule has 0 radical (unpaired) electrons. The molecule has 2 atom stereocenters. The molecule has 2 heterocycles. The fraction of sp³-hybridized carbons (Fsp3) is 0.162. The summed E-state index contributed by atoms with van der Waals surface area (Å²) in [5, 5.41) is 0. The van der Waals surface area contributed by atoms with E-state index in [2.05, 4.69) is 96.6 Å². The number of imidazole rings is 2. The Kier molecular flexibility index (Phi) is 5.61. The molecule has 0 amide bonds. The van der Waals surface area contributed by atoms with Gasteiger partial charge in [-0.05, 0) is 93.5 Å². The fourth-order valence-corrected chi connectivity index (χ4v) is 7.24. The van der Waals surface area contributed by atoms with E-state index in [1.807, 2.05) is 21.5 Å². The predicted octanol–water partition coefficient (Wildman–Crippen LogP) is 7.29. The summed E-state index contributed by atoms with van der Waals surface area (Å²) in [6.45, 7) is 4.34. The van der Waals surface area contributed by atoms with Crippen molar-refractivity contribution in [2.24, 2.45) is 0 Å². The van der Waals surface area contributed by atoms with Crippen molar-refractivity contribution in [2.45, 2.75) is 38.8 Å². The number of aromatic nitrogens is 4. The zero-order valence-electron chi connectivity index (χ0n) is 23.7. The highest BCUT2D eigenvalue weighted by atomic mass is 16.1. The van der Waals surface area contributed by atoms with E-state index in [9.17, 15) is 4.79 Å². The number of rotatable bonds is 6. The highest BCUT2D eigenvalue weighted by Crippen LogP contribution is 2.43. The van der Waals surface area contributed by atoms with Gasteiger partial charge in [0.1, 0.15) is 12.1 Å². The van der Waals surface area contributed by atoms with Gasteiger partial charge >= 0.3 is 0 Å². The fourth-order valence-electron chi connectivity index (χ4n) is 7.24. The number of nitrogens with zero attached hydrogens (tertiary/aromatic N) is 4. The Labute approximate surface area is 245 Å². The van der Waals surface area contributed by atoms with E-state index in [1.165, 1.54) is 55.6 Å². The summed E-state index contributed by atoms with van der Waals surface area (Å²) < 4.78 is 3.88. The molecule has 2 aromatic heterocycles. The SMILES string of the molecule is Cc1cccc2c1-c1ccc(C(C(=O)C(c3ccc4c(c3)Cc3cccc(C)c3-4)n3ccnc3)n3ccnc3)cc1C2. The highest BCUT2D eigenvalue weighted by molar-refractivity contribution is 5.93. The van der Waals surface area contributed by atoms with Crippen LogP contribution in [0, 0.1) is 13.8 Å². The maximum atomic E-state index is 14.9. The standard InChI is InChI=1S/C37H30N4O/c1-23-5-3-7-25-17-29-19-27(9-11-31(29)33(23)25)35(40-15-13-38-21-40)37(42)36(41-16-14-39-22-41)28-10-12-32-30(20-28)18-26-8-4-6-24(2)34(26)32/h3-16,19-22,35-36H,17-18H2,1-2H3. The Morgan fingerprint density at radius 3 is 1.55 bits per heavy atom. The van der Waals surface area contributed by atoms with Gasteiger partial charge in [0.2, 0.25) is 0 Å². The topological polar surface area (TPSA) is 52.7 Å². The van der Waals surface area contributed by atoms with Crippen molar-refractivity contribution in [1.29, 1.82) is 0 Å². The first-order chi connectivity index (χ1) is 20.6. The van der Waals surface area contributed by atoms with E-state index < -0.39 is 12.1 Å². The first kappa shape index (κ1) is 24.7. The van der Waals surface area contributed by atoms with Crippen LogP contribution in [0.2, 0.25) is 0 Å². The van der Waals surface area contributed by atoms with Crippen LogP contribution in [0.1, 0.15) is 56.6 Å². The van der Waals surface area contributed by atoms with Gasteiger partial charge in [0, 0.05) is 24.8 Å². The molecule has 2 aliphatic carbocycles. The first-order valence-electron chi connectivity index (χ1n) is 14.5. The van der Waals surface area contributed by atoms with Crippen LogP contribution in [0.5, 0.6) is 0 Å². The molecular weight excluding hydrogens is 516 g/mol. The van der Waals surface area contributed by atoms with Gasteiger partial charge in [-0.3, -0.25) is 4.79 Å². The van der Waals surface area contributed by atoms with E-state index in [0.29, 0.717) is 0 Å². The van der Waals surface area contributed by atoms with Gasteiger partial charge in [0.25, 0.3) is 0 Å². The van der Waals surface area contributed by atoms with Crippen LogP contribution < -0.4 is 0 Å². The molecule has 0 bridgehead atoms. The Morgan fingerprint density at radius 2 is 1.12 bits per heavy atom. The largest absolute Gasteiger partial charge is 0.323 e. The summed E-state index contributed by atoms with van der Waals surface area (Å²) in [6.07, 6.45) is 12.5. The number of hydrogen-bond acceptors (Lipinski definition) is 3. The molecule has 0 saturated carbocycles. The van der Waals surface area contributed by atoms with Crippen molar-refractivity contribution in [3.05, 3.63) is 155 Å². The monoisotopic (exact) mass is 546 g/mol. The number of aryl methyl sites for hydroxylation is 2. The number of carbonyl (C=O) groups is 1. The van der Waals surface area contributed by atoms with E-state index in [0.717, 1.165) is 24.0 Å². The molecule has 5 nitrogen and oxygen atoms in total.